The Hall–Kier alpha value is -0.560. The summed E-state index contributed by atoms with van der Waals surface area (Å²) in [6.45, 7) is 8.45. The summed E-state index contributed by atoms with van der Waals surface area (Å²) in [4.78, 5) is 0. The van der Waals surface area contributed by atoms with E-state index in [1.807, 2.05) is 0 Å². The topological polar surface area (TPSA) is 18.5 Å². The largest absolute Gasteiger partial charge is 0.353 e. The van der Waals surface area contributed by atoms with E-state index >= 15 is 0 Å². The first-order chi connectivity index (χ1) is 8.64. The third kappa shape index (κ3) is 3.06. The van der Waals surface area contributed by atoms with E-state index in [4.69, 9.17) is 9.47 Å². The van der Waals surface area contributed by atoms with Crippen molar-refractivity contribution < 1.29 is 9.47 Å². The minimum atomic E-state index is 0.0498. The van der Waals surface area contributed by atoms with Crippen LogP contribution >= 0.6 is 0 Å². The predicted octanol–water partition coefficient (Wildman–Crippen LogP) is 4.07. The first-order valence-corrected chi connectivity index (χ1v) is 7.32. The van der Waals surface area contributed by atoms with Crippen molar-refractivity contribution in [1.82, 2.24) is 0 Å². The number of ether oxygens (including phenoxy) is 2. The number of rotatable bonds is 4. The molecule has 0 spiro atoms. The van der Waals surface area contributed by atoms with Gasteiger partial charge in [-0.15, -0.1) is 5.73 Å². The molecule has 0 aromatic rings. The molecule has 0 aromatic heterocycles. The molecule has 0 amide bonds. The van der Waals surface area contributed by atoms with Crippen LogP contribution in [0, 0.1) is 11.3 Å². The second-order valence-corrected chi connectivity index (χ2v) is 5.99. The van der Waals surface area contributed by atoms with Crippen LogP contribution < -0.4 is 0 Å². The lowest BCUT2D eigenvalue weighted by Crippen LogP contribution is -2.41. The van der Waals surface area contributed by atoms with E-state index < -0.39 is 0 Å². The summed E-state index contributed by atoms with van der Waals surface area (Å²) < 4.78 is 11.5. The van der Waals surface area contributed by atoms with Crippen molar-refractivity contribution in [3.05, 3.63) is 17.4 Å². The molecule has 0 radical (unpaired) electrons. The normalized spacial score (nSPS) is 30.5. The summed E-state index contributed by atoms with van der Waals surface area (Å²) in [5.41, 5.74) is 5.13. The Labute approximate surface area is 111 Å². The number of allylic oxidation sites excluding steroid dienone is 1. The molecule has 1 aliphatic heterocycles. The Morgan fingerprint density at radius 2 is 2.28 bits per heavy atom. The highest BCUT2D eigenvalue weighted by Crippen LogP contribution is 2.50. The summed E-state index contributed by atoms with van der Waals surface area (Å²) in [5.74, 6) is 0.621. The Balaban J connectivity index is 1.80. The highest BCUT2D eigenvalue weighted by molar-refractivity contribution is 5.23. The van der Waals surface area contributed by atoms with Gasteiger partial charge in [-0.1, -0.05) is 20.8 Å². The summed E-state index contributed by atoms with van der Waals surface area (Å²) in [6, 6.07) is 0. The molecule has 1 saturated carbocycles. The molecule has 2 aliphatic rings. The van der Waals surface area contributed by atoms with E-state index in [-0.39, 0.29) is 11.7 Å². The lowest BCUT2D eigenvalue weighted by Gasteiger charge is -2.46. The molecule has 2 rings (SSSR count). The van der Waals surface area contributed by atoms with Crippen LogP contribution in [0.15, 0.2) is 17.4 Å². The van der Waals surface area contributed by atoms with E-state index in [1.165, 1.54) is 18.4 Å². The fourth-order valence-corrected chi connectivity index (χ4v) is 2.68. The zero-order chi connectivity index (χ0) is 13.0. The van der Waals surface area contributed by atoms with Crippen LogP contribution in [0.5, 0.6) is 0 Å². The van der Waals surface area contributed by atoms with Gasteiger partial charge in [0, 0.05) is 6.61 Å². The monoisotopic (exact) mass is 250 g/mol. The third-order valence-electron chi connectivity index (χ3n) is 4.35. The molecule has 102 valence electrons. The maximum Gasteiger partial charge on any atom is 0.157 e. The highest BCUT2D eigenvalue weighted by atomic mass is 16.7. The van der Waals surface area contributed by atoms with Gasteiger partial charge >= 0.3 is 0 Å². The van der Waals surface area contributed by atoms with Crippen molar-refractivity contribution in [3.8, 4) is 0 Å². The lowest BCUT2D eigenvalue weighted by molar-refractivity contribution is -0.177. The van der Waals surface area contributed by atoms with Crippen LogP contribution in [0.25, 0.3) is 0 Å². The van der Waals surface area contributed by atoms with Crippen molar-refractivity contribution in [2.24, 2.45) is 11.3 Å². The second kappa shape index (κ2) is 6.06. The van der Waals surface area contributed by atoms with Crippen LogP contribution in [0.2, 0.25) is 0 Å². The standard InChI is InChI=1S/C16H26O2/c1-4-5-8-13-11-14(16(13,2)3)12-18-15-9-6-7-10-17-15/h5,14-15H,4,6-7,9-12H2,1-3H3. The SMILES string of the molecule is CCC=C=C1CC(COC2CCCCO2)C1(C)C. The first-order valence-electron chi connectivity index (χ1n) is 7.32. The van der Waals surface area contributed by atoms with Gasteiger partial charge < -0.3 is 9.47 Å². The zero-order valence-electron chi connectivity index (χ0n) is 12.0. The van der Waals surface area contributed by atoms with Crippen molar-refractivity contribution in [2.75, 3.05) is 13.2 Å². The molecule has 2 atom stereocenters. The smallest absolute Gasteiger partial charge is 0.157 e. The van der Waals surface area contributed by atoms with Crippen molar-refractivity contribution in [2.45, 2.75) is 59.2 Å². The van der Waals surface area contributed by atoms with E-state index in [0.29, 0.717) is 5.92 Å². The fourth-order valence-electron chi connectivity index (χ4n) is 2.68. The van der Waals surface area contributed by atoms with Crippen molar-refractivity contribution in [3.63, 3.8) is 0 Å². The van der Waals surface area contributed by atoms with Crippen molar-refractivity contribution in [1.29, 1.82) is 0 Å². The van der Waals surface area contributed by atoms with E-state index in [1.54, 1.807) is 0 Å². The lowest BCUT2D eigenvalue weighted by atomic mass is 9.59. The Kier molecular flexibility index (Phi) is 4.66. The maximum absolute atomic E-state index is 5.90. The van der Waals surface area contributed by atoms with E-state index in [2.05, 4.69) is 32.6 Å². The van der Waals surface area contributed by atoms with Gasteiger partial charge in [-0.25, -0.2) is 0 Å². The van der Waals surface area contributed by atoms with Gasteiger partial charge in [-0.05, 0) is 55.1 Å². The molecule has 18 heavy (non-hydrogen) atoms. The van der Waals surface area contributed by atoms with Gasteiger partial charge in [0.1, 0.15) is 0 Å². The minimum Gasteiger partial charge on any atom is -0.353 e. The van der Waals surface area contributed by atoms with Gasteiger partial charge in [0.15, 0.2) is 6.29 Å². The van der Waals surface area contributed by atoms with E-state index in [9.17, 15) is 0 Å². The molecule has 2 fully saturated rings. The Morgan fingerprint density at radius 3 is 2.89 bits per heavy atom. The van der Waals surface area contributed by atoms with Gasteiger partial charge in [0.25, 0.3) is 0 Å². The molecule has 2 heteroatoms. The summed E-state index contributed by atoms with van der Waals surface area (Å²) in [5, 5.41) is 0. The maximum atomic E-state index is 5.90. The molecule has 2 unspecified atom stereocenters. The van der Waals surface area contributed by atoms with Crippen molar-refractivity contribution >= 4 is 0 Å². The quantitative estimate of drug-likeness (QED) is 0.700. The Bertz CT molecular complexity index is 331. The summed E-state index contributed by atoms with van der Waals surface area (Å²) >= 11 is 0. The molecular weight excluding hydrogens is 224 g/mol. The second-order valence-electron chi connectivity index (χ2n) is 5.99. The number of hydrogen-bond acceptors (Lipinski definition) is 2. The molecule has 1 aliphatic carbocycles. The molecular formula is C16H26O2. The molecule has 0 aromatic carbocycles. The molecule has 1 heterocycles. The average Bonchev–Trinajstić information content (AvgIpc) is 2.38. The van der Waals surface area contributed by atoms with Gasteiger partial charge in [-0.3, -0.25) is 0 Å². The number of hydrogen-bond donors (Lipinski definition) is 0. The van der Waals surface area contributed by atoms with Crippen LogP contribution in [-0.4, -0.2) is 19.5 Å². The van der Waals surface area contributed by atoms with Gasteiger partial charge in [-0.2, -0.15) is 0 Å². The van der Waals surface area contributed by atoms with Gasteiger partial charge in [0.2, 0.25) is 0 Å². The highest BCUT2D eigenvalue weighted by Gasteiger charge is 2.43. The third-order valence-corrected chi connectivity index (χ3v) is 4.35. The minimum absolute atomic E-state index is 0.0498. The molecule has 0 bridgehead atoms. The fraction of sp³-hybridized carbons (Fsp3) is 0.812. The van der Waals surface area contributed by atoms with E-state index in [0.717, 1.165) is 32.5 Å². The average molecular weight is 250 g/mol. The molecule has 0 N–H and O–H groups in total. The van der Waals surface area contributed by atoms with Crippen LogP contribution in [-0.2, 0) is 9.47 Å². The zero-order valence-corrected chi connectivity index (χ0v) is 12.0. The van der Waals surface area contributed by atoms with Crippen LogP contribution in [0.3, 0.4) is 0 Å². The van der Waals surface area contributed by atoms with Crippen LogP contribution in [0.4, 0.5) is 0 Å². The first kappa shape index (κ1) is 13.9. The molecule has 1 saturated heterocycles. The Morgan fingerprint density at radius 1 is 1.44 bits per heavy atom. The summed E-state index contributed by atoms with van der Waals surface area (Å²) in [6.07, 6.45) is 7.87. The predicted molar refractivity (Wildman–Crippen MR) is 73.3 cm³/mol. The van der Waals surface area contributed by atoms with Gasteiger partial charge in [0.05, 0.1) is 6.61 Å². The summed E-state index contributed by atoms with van der Waals surface area (Å²) in [7, 11) is 0. The molecule has 2 nitrogen and oxygen atoms in total. The van der Waals surface area contributed by atoms with Crippen LogP contribution in [0.1, 0.15) is 52.9 Å².